The molecule has 2 aromatic rings. The van der Waals surface area contributed by atoms with Gasteiger partial charge in [0.1, 0.15) is 0 Å². The van der Waals surface area contributed by atoms with Gasteiger partial charge in [0.25, 0.3) is 5.91 Å². The van der Waals surface area contributed by atoms with Crippen molar-refractivity contribution in [1.29, 1.82) is 0 Å². The van der Waals surface area contributed by atoms with Gasteiger partial charge in [-0.05, 0) is 31.3 Å². The summed E-state index contributed by atoms with van der Waals surface area (Å²) in [5.74, 6) is 0.571. The van der Waals surface area contributed by atoms with Crippen LogP contribution < -0.4 is 5.32 Å². The minimum Gasteiger partial charge on any atom is -0.342 e. The monoisotopic (exact) mass is 262 g/mol. The molecule has 0 fully saturated rings. The van der Waals surface area contributed by atoms with Crippen molar-refractivity contribution in [2.45, 2.75) is 13.0 Å². The molecule has 0 radical (unpaired) electrons. The van der Waals surface area contributed by atoms with Gasteiger partial charge in [-0.2, -0.15) is 5.10 Å². The summed E-state index contributed by atoms with van der Waals surface area (Å²) in [6.45, 7) is 1.87. The number of carbonyl (C=O) groups is 1. The maximum atomic E-state index is 12.0. The van der Waals surface area contributed by atoms with Gasteiger partial charge in [0, 0.05) is 12.6 Å². The molecule has 1 atom stereocenters. The van der Waals surface area contributed by atoms with Crippen LogP contribution in [-0.2, 0) is 7.05 Å². The van der Waals surface area contributed by atoms with Crippen LogP contribution in [0, 0.1) is 4.77 Å². The van der Waals surface area contributed by atoms with Gasteiger partial charge in [0.15, 0.2) is 10.6 Å². The standard InChI is InChI=1S/C12H14N4OS/c1-8(10-14-15-12(18)16(10)2)13-11(17)9-6-4-3-5-7-9/h3-8H,1-2H3,(H,13,17)(H,15,18)/t8-/m1/s1. The molecule has 18 heavy (non-hydrogen) atoms. The number of amides is 1. The zero-order valence-corrected chi connectivity index (χ0v) is 11.0. The van der Waals surface area contributed by atoms with Crippen LogP contribution in [0.1, 0.15) is 29.1 Å². The highest BCUT2D eigenvalue weighted by Gasteiger charge is 2.15. The molecule has 0 aliphatic rings. The van der Waals surface area contributed by atoms with Gasteiger partial charge >= 0.3 is 0 Å². The zero-order valence-electron chi connectivity index (χ0n) is 10.2. The molecule has 5 nitrogen and oxygen atoms in total. The molecule has 1 amide bonds. The topological polar surface area (TPSA) is 62.7 Å². The van der Waals surface area contributed by atoms with Crippen molar-refractivity contribution in [3.63, 3.8) is 0 Å². The maximum Gasteiger partial charge on any atom is 0.251 e. The molecule has 0 aliphatic carbocycles. The first kappa shape index (κ1) is 12.5. The van der Waals surface area contributed by atoms with E-state index in [0.717, 1.165) is 0 Å². The van der Waals surface area contributed by atoms with Gasteiger partial charge in [-0.3, -0.25) is 9.89 Å². The molecular formula is C12H14N4OS. The fourth-order valence-electron chi connectivity index (χ4n) is 1.68. The number of nitrogens with one attached hydrogen (secondary N) is 2. The first-order chi connectivity index (χ1) is 8.59. The van der Waals surface area contributed by atoms with Crippen LogP contribution in [0.5, 0.6) is 0 Å². The van der Waals surface area contributed by atoms with Crippen LogP contribution in [0.4, 0.5) is 0 Å². The van der Waals surface area contributed by atoms with E-state index in [9.17, 15) is 4.79 Å². The van der Waals surface area contributed by atoms with Crippen LogP contribution in [0.2, 0.25) is 0 Å². The number of hydrogen-bond donors (Lipinski definition) is 2. The summed E-state index contributed by atoms with van der Waals surface area (Å²) >= 11 is 5.03. The van der Waals surface area contributed by atoms with Crippen molar-refractivity contribution in [3.05, 3.63) is 46.5 Å². The van der Waals surface area contributed by atoms with E-state index in [0.29, 0.717) is 16.2 Å². The number of H-pyrrole nitrogens is 1. The molecule has 0 saturated heterocycles. The quantitative estimate of drug-likeness (QED) is 0.831. The van der Waals surface area contributed by atoms with Crippen LogP contribution in [-0.4, -0.2) is 20.7 Å². The number of hydrogen-bond acceptors (Lipinski definition) is 3. The van der Waals surface area contributed by atoms with Crippen molar-refractivity contribution in [3.8, 4) is 0 Å². The Bertz CT molecular complexity index is 602. The summed E-state index contributed by atoms with van der Waals surface area (Å²) in [6.07, 6.45) is 0. The number of benzene rings is 1. The molecule has 2 rings (SSSR count). The molecule has 1 aromatic heterocycles. The number of aromatic amines is 1. The largest absolute Gasteiger partial charge is 0.342 e. The van der Waals surface area contributed by atoms with Crippen LogP contribution in [0.15, 0.2) is 30.3 Å². The number of carbonyl (C=O) groups excluding carboxylic acids is 1. The zero-order chi connectivity index (χ0) is 13.1. The van der Waals surface area contributed by atoms with Gasteiger partial charge in [0.05, 0.1) is 6.04 Å². The highest BCUT2D eigenvalue weighted by atomic mass is 32.1. The minimum absolute atomic E-state index is 0.128. The fraction of sp³-hybridized carbons (Fsp3) is 0.250. The second-order valence-corrected chi connectivity index (χ2v) is 4.39. The van der Waals surface area contributed by atoms with Gasteiger partial charge in [-0.1, -0.05) is 18.2 Å². The average molecular weight is 262 g/mol. The van der Waals surface area contributed by atoms with E-state index >= 15 is 0 Å². The van der Waals surface area contributed by atoms with Crippen LogP contribution in [0.25, 0.3) is 0 Å². The molecular weight excluding hydrogens is 248 g/mol. The van der Waals surface area contributed by atoms with E-state index in [2.05, 4.69) is 15.5 Å². The Morgan fingerprint density at radius 1 is 1.44 bits per heavy atom. The minimum atomic E-state index is -0.212. The lowest BCUT2D eigenvalue weighted by Gasteiger charge is -2.12. The summed E-state index contributed by atoms with van der Waals surface area (Å²) in [7, 11) is 1.81. The highest BCUT2D eigenvalue weighted by molar-refractivity contribution is 7.71. The lowest BCUT2D eigenvalue weighted by Crippen LogP contribution is -2.28. The van der Waals surface area contributed by atoms with E-state index in [1.165, 1.54) is 0 Å². The first-order valence-electron chi connectivity index (χ1n) is 5.57. The third-order valence-electron chi connectivity index (χ3n) is 2.69. The van der Waals surface area contributed by atoms with E-state index in [1.807, 2.05) is 32.2 Å². The molecule has 2 N–H and O–H groups in total. The lowest BCUT2D eigenvalue weighted by atomic mass is 10.2. The molecule has 1 heterocycles. The van der Waals surface area contributed by atoms with Crippen molar-refractivity contribution in [2.24, 2.45) is 7.05 Å². The maximum absolute atomic E-state index is 12.0. The number of aromatic nitrogens is 3. The van der Waals surface area contributed by atoms with E-state index in [-0.39, 0.29) is 11.9 Å². The Morgan fingerprint density at radius 2 is 2.11 bits per heavy atom. The molecule has 0 unspecified atom stereocenters. The average Bonchev–Trinajstić information content (AvgIpc) is 2.71. The number of rotatable bonds is 3. The predicted octanol–water partition coefficient (Wildman–Crippen LogP) is 1.97. The highest BCUT2D eigenvalue weighted by Crippen LogP contribution is 2.09. The number of nitrogens with zero attached hydrogens (tertiary/aromatic N) is 2. The molecule has 6 heteroatoms. The summed E-state index contributed by atoms with van der Waals surface area (Å²) in [6, 6.07) is 8.86. The Kier molecular flexibility index (Phi) is 3.57. The Hall–Kier alpha value is -1.95. The van der Waals surface area contributed by atoms with Gasteiger partial charge in [0.2, 0.25) is 0 Å². The first-order valence-corrected chi connectivity index (χ1v) is 5.97. The van der Waals surface area contributed by atoms with Crippen molar-refractivity contribution in [1.82, 2.24) is 20.1 Å². The fourth-order valence-corrected chi connectivity index (χ4v) is 1.82. The van der Waals surface area contributed by atoms with Crippen LogP contribution in [0.3, 0.4) is 0 Å². The normalized spacial score (nSPS) is 12.1. The van der Waals surface area contributed by atoms with E-state index in [4.69, 9.17) is 12.2 Å². The van der Waals surface area contributed by atoms with E-state index < -0.39 is 0 Å². The second-order valence-electron chi connectivity index (χ2n) is 4.01. The summed E-state index contributed by atoms with van der Waals surface area (Å²) < 4.78 is 2.27. The molecule has 0 spiro atoms. The Morgan fingerprint density at radius 3 is 2.67 bits per heavy atom. The van der Waals surface area contributed by atoms with E-state index in [1.54, 1.807) is 16.7 Å². The van der Waals surface area contributed by atoms with Gasteiger partial charge < -0.3 is 9.88 Å². The summed E-state index contributed by atoms with van der Waals surface area (Å²) in [5, 5.41) is 9.67. The van der Waals surface area contributed by atoms with Crippen LogP contribution >= 0.6 is 12.2 Å². The molecule has 0 saturated carbocycles. The van der Waals surface area contributed by atoms with Gasteiger partial charge in [-0.15, -0.1) is 0 Å². The lowest BCUT2D eigenvalue weighted by molar-refractivity contribution is 0.0938. The molecule has 1 aromatic carbocycles. The molecule has 0 bridgehead atoms. The smallest absolute Gasteiger partial charge is 0.251 e. The Balaban J connectivity index is 2.13. The van der Waals surface area contributed by atoms with Crippen molar-refractivity contribution < 1.29 is 4.79 Å². The SMILES string of the molecule is C[C@@H](NC(=O)c1ccccc1)c1n[nH]c(=S)n1C. The third kappa shape index (κ3) is 2.48. The Labute approximate surface area is 110 Å². The summed E-state index contributed by atoms with van der Waals surface area (Å²) in [4.78, 5) is 12.0. The summed E-state index contributed by atoms with van der Waals surface area (Å²) in [5.41, 5.74) is 0.626. The van der Waals surface area contributed by atoms with Gasteiger partial charge in [-0.25, -0.2) is 0 Å². The predicted molar refractivity (Wildman–Crippen MR) is 70.7 cm³/mol. The molecule has 94 valence electrons. The third-order valence-corrected chi connectivity index (χ3v) is 3.05. The second kappa shape index (κ2) is 5.14. The van der Waals surface area contributed by atoms with Crippen molar-refractivity contribution >= 4 is 18.1 Å². The molecule has 0 aliphatic heterocycles. The van der Waals surface area contributed by atoms with Crippen molar-refractivity contribution in [2.75, 3.05) is 0 Å².